The van der Waals surface area contributed by atoms with Crippen LogP contribution in [0.3, 0.4) is 0 Å². The van der Waals surface area contributed by atoms with Crippen molar-refractivity contribution in [2.24, 2.45) is 0 Å². The fourth-order valence-corrected chi connectivity index (χ4v) is 5.78. The summed E-state index contributed by atoms with van der Waals surface area (Å²) in [6, 6.07) is 18.8. The zero-order valence-electron chi connectivity index (χ0n) is 30.1. The van der Waals surface area contributed by atoms with Gasteiger partial charge in [-0.15, -0.1) is 0 Å². The first kappa shape index (κ1) is 39.4. The van der Waals surface area contributed by atoms with Gasteiger partial charge in [0.1, 0.15) is 17.2 Å². The summed E-state index contributed by atoms with van der Waals surface area (Å²) >= 11 is 0. The van der Waals surface area contributed by atoms with Gasteiger partial charge in [-0.3, -0.25) is 4.79 Å². The second kappa shape index (κ2) is 20.5. The fourth-order valence-electron chi connectivity index (χ4n) is 5.78. The summed E-state index contributed by atoms with van der Waals surface area (Å²) in [5.41, 5.74) is 5.04. The van der Waals surface area contributed by atoms with E-state index in [0.29, 0.717) is 43.3 Å². The van der Waals surface area contributed by atoms with Gasteiger partial charge in [-0.2, -0.15) is 0 Å². The molecule has 4 rings (SSSR count). The predicted molar refractivity (Wildman–Crippen MR) is 197 cm³/mol. The van der Waals surface area contributed by atoms with Crippen molar-refractivity contribution in [2.75, 3.05) is 33.5 Å². The lowest BCUT2D eigenvalue weighted by molar-refractivity contribution is -0.144. The van der Waals surface area contributed by atoms with Gasteiger partial charge in [-0.05, 0) is 122 Å². The van der Waals surface area contributed by atoms with E-state index in [-0.39, 0.29) is 30.5 Å². The SMILES string of the molecule is C=CC(=O)OCCCCCCOc1ccc2c(c1)C(C)c1cc(C(=O)Oc3ccc(OCCCCCCOC(=O)C(=C)CC(=O)OC)cc3)ccc1-2. The largest absolute Gasteiger partial charge is 0.494 e. The minimum absolute atomic E-state index is 0.0787. The summed E-state index contributed by atoms with van der Waals surface area (Å²) in [7, 11) is 1.25. The van der Waals surface area contributed by atoms with Gasteiger partial charge in [0.2, 0.25) is 0 Å². The molecule has 1 aliphatic rings. The van der Waals surface area contributed by atoms with E-state index < -0.39 is 17.9 Å². The molecule has 0 aromatic heterocycles. The molecule has 0 N–H and O–H groups in total. The molecule has 10 heteroatoms. The van der Waals surface area contributed by atoms with Crippen molar-refractivity contribution < 1.29 is 47.6 Å². The fraction of sp³-hybridized carbons (Fsp3) is 0.381. The van der Waals surface area contributed by atoms with E-state index in [2.05, 4.69) is 37.0 Å². The molecule has 0 saturated heterocycles. The molecule has 1 aliphatic carbocycles. The van der Waals surface area contributed by atoms with Crippen LogP contribution in [0.5, 0.6) is 17.2 Å². The lowest BCUT2D eigenvalue weighted by Crippen LogP contribution is -2.12. The highest BCUT2D eigenvalue weighted by Gasteiger charge is 2.27. The first-order valence-electron chi connectivity index (χ1n) is 17.8. The van der Waals surface area contributed by atoms with E-state index in [4.69, 9.17) is 23.7 Å². The third kappa shape index (κ3) is 11.9. The molecule has 0 amide bonds. The molecule has 276 valence electrons. The van der Waals surface area contributed by atoms with E-state index >= 15 is 0 Å². The monoisotopic (exact) mass is 712 g/mol. The van der Waals surface area contributed by atoms with E-state index in [1.807, 2.05) is 18.2 Å². The Labute approximate surface area is 305 Å². The first-order chi connectivity index (χ1) is 25.2. The molecular formula is C42H48O10. The molecule has 52 heavy (non-hydrogen) atoms. The van der Waals surface area contributed by atoms with E-state index in [1.165, 1.54) is 18.7 Å². The number of unbranched alkanes of at least 4 members (excludes halogenated alkanes) is 6. The molecule has 0 spiro atoms. The minimum Gasteiger partial charge on any atom is -0.494 e. The molecular weight excluding hydrogens is 664 g/mol. The van der Waals surface area contributed by atoms with Crippen molar-refractivity contribution in [1.29, 1.82) is 0 Å². The zero-order chi connectivity index (χ0) is 37.3. The van der Waals surface area contributed by atoms with Crippen molar-refractivity contribution >= 4 is 23.9 Å². The van der Waals surface area contributed by atoms with Crippen LogP contribution in [0.1, 0.15) is 92.1 Å². The molecule has 3 aromatic rings. The van der Waals surface area contributed by atoms with Gasteiger partial charge in [0.15, 0.2) is 0 Å². The van der Waals surface area contributed by atoms with Crippen LogP contribution in [0, 0.1) is 0 Å². The van der Waals surface area contributed by atoms with E-state index in [9.17, 15) is 19.2 Å². The molecule has 0 saturated carbocycles. The standard InChI is InChI=1S/C42H48O10/c1-5-39(43)50-24-12-8-6-11-23-49-34-19-21-36-35-20-14-31(27-37(35)30(3)38(36)28-34)42(46)52-33-17-15-32(16-18-33)48-22-10-7-9-13-25-51-41(45)29(2)26-40(44)47-4/h5,14-21,27-28,30H,1-2,6-13,22-26H2,3-4H3. The normalized spacial score (nSPS) is 12.5. The summed E-state index contributed by atoms with van der Waals surface area (Å²) in [6.07, 6.45) is 7.96. The smallest absolute Gasteiger partial charge is 0.343 e. The minimum atomic E-state index is -0.584. The highest BCUT2D eigenvalue weighted by atomic mass is 16.5. The number of fused-ring (bicyclic) bond motifs is 3. The highest BCUT2D eigenvalue weighted by molar-refractivity contribution is 5.94. The van der Waals surface area contributed by atoms with Gasteiger partial charge in [-0.25, -0.2) is 14.4 Å². The summed E-state index contributed by atoms with van der Waals surface area (Å²) in [6.45, 7) is 10.9. The third-order valence-corrected chi connectivity index (χ3v) is 8.70. The number of carbonyl (C=O) groups excluding carboxylic acids is 4. The molecule has 0 fully saturated rings. The van der Waals surface area contributed by atoms with Crippen molar-refractivity contribution in [3.63, 3.8) is 0 Å². The van der Waals surface area contributed by atoms with Gasteiger partial charge >= 0.3 is 23.9 Å². The maximum Gasteiger partial charge on any atom is 0.343 e. The zero-order valence-corrected chi connectivity index (χ0v) is 30.1. The molecule has 10 nitrogen and oxygen atoms in total. The van der Waals surface area contributed by atoms with Crippen LogP contribution in [-0.2, 0) is 28.6 Å². The Balaban J connectivity index is 1.15. The quantitative estimate of drug-likeness (QED) is 0.0330. The Morgan fingerprint density at radius 3 is 1.85 bits per heavy atom. The Morgan fingerprint density at radius 2 is 1.21 bits per heavy atom. The van der Waals surface area contributed by atoms with E-state index in [1.54, 1.807) is 30.3 Å². The average molecular weight is 713 g/mol. The lowest BCUT2D eigenvalue weighted by Gasteiger charge is -2.11. The van der Waals surface area contributed by atoms with Crippen molar-refractivity contribution in [1.82, 2.24) is 0 Å². The number of carbonyl (C=O) groups is 4. The lowest BCUT2D eigenvalue weighted by atomic mass is 9.98. The predicted octanol–water partition coefficient (Wildman–Crippen LogP) is 8.31. The second-order valence-electron chi connectivity index (χ2n) is 12.5. The Kier molecular flexibility index (Phi) is 15.5. The van der Waals surface area contributed by atoms with Crippen LogP contribution in [0.4, 0.5) is 0 Å². The Bertz CT molecular complexity index is 1710. The number of hydrogen-bond donors (Lipinski definition) is 0. The molecule has 1 atom stereocenters. The van der Waals surface area contributed by atoms with Crippen LogP contribution in [-0.4, -0.2) is 57.4 Å². The summed E-state index contributed by atoms with van der Waals surface area (Å²) < 4.78 is 32.2. The maximum absolute atomic E-state index is 13.1. The summed E-state index contributed by atoms with van der Waals surface area (Å²) in [5, 5.41) is 0. The van der Waals surface area contributed by atoms with Gasteiger partial charge in [-0.1, -0.05) is 32.2 Å². The second-order valence-corrected chi connectivity index (χ2v) is 12.5. The van der Waals surface area contributed by atoms with Crippen molar-refractivity contribution in [3.8, 4) is 28.4 Å². The average Bonchev–Trinajstić information content (AvgIpc) is 3.43. The Morgan fingerprint density at radius 1 is 0.673 bits per heavy atom. The van der Waals surface area contributed by atoms with Crippen LogP contribution in [0.15, 0.2) is 85.5 Å². The van der Waals surface area contributed by atoms with E-state index in [0.717, 1.165) is 67.4 Å². The Hall–Kier alpha value is -5.38. The van der Waals surface area contributed by atoms with Gasteiger partial charge < -0.3 is 28.4 Å². The topological polar surface area (TPSA) is 124 Å². The molecule has 1 unspecified atom stereocenters. The number of esters is 4. The highest BCUT2D eigenvalue weighted by Crippen LogP contribution is 2.46. The van der Waals surface area contributed by atoms with Gasteiger partial charge in [0, 0.05) is 17.6 Å². The maximum atomic E-state index is 13.1. The summed E-state index contributed by atoms with van der Waals surface area (Å²) in [5.74, 6) is 0.0924. The van der Waals surface area contributed by atoms with Crippen molar-refractivity contribution in [3.05, 3.63) is 102 Å². The number of rotatable bonds is 22. The van der Waals surface area contributed by atoms with Crippen LogP contribution < -0.4 is 14.2 Å². The van der Waals surface area contributed by atoms with Crippen LogP contribution in [0.2, 0.25) is 0 Å². The number of hydrogen-bond acceptors (Lipinski definition) is 10. The van der Waals surface area contributed by atoms with Gasteiger partial charge in [0.25, 0.3) is 0 Å². The molecule has 0 radical (unpaired) electrons. The molecule has 0 bridgehead atoms. The van der Waals surface area contributed by atoms with Crippen LogP contribution in [0.25, 0.3) is 11.1 Å². The molecule has 0 aliphatic heterocycles. The molecule has 3 aromatic carbocycles. The molecule has 0 heterocycles. The van der Waals surface area contributed by atoms with Crippen LogP contribution >= 0.6 is 0 Å². The summed E-state index contributed by atoms with van der Waals surface area (Å²) in [4.78, 5) is 47.2. The number of ether oxygens (including phenoxy) is 6. The third-order valence-electron chi connectivity index (χ3n) is 8.70. The van der Waals surface area contributed by atoms with Gasteiger partial charge in [0.05, 0.1) is 45.5 Å². The number of benzene rings is 3. The number of methoxy groups -OCH3 is 1. The first-order valence-corrected chi connectivity index (χ1v) is 17.8. The van der Waals surface area contributed by atoms with Crippen molar-refractivity contribution in [2.45, 2.75) is 70.6 Å².